The van der Waals surface area contributed by atoms with Crippen LogP contribution in [0.4, 0.5) is 0 Å². The summed E-state index contributed by atoms with van der Waals surface area (Å²) in [6.45, 7) is 6.95. The molecule has 0 radical (unpaired) electrons. The van der Waals surface area contributed by atoms with Crippen molar-refractivity contribution in [2.45, 2.75) is 38.8 Å². The van der Waals surface area contributed by atoms with E-state index in [1.165, 1.54) is 0 Å². The molecule has 104 valence electrons. The standard InChI is InChI=1S/C12H22N2O4/c1-4-8(2)10(11(16)17)14-9(15)5-18-12(3)6-13-7-12/h8,10,13H,4-7H2,1-3H3,(H,14,15)(H,16,17)/t8-,10-/m0/s1. The summed E-state index contributed by atoms with van der Waals surface area (Å²) in [6, 6.07) is -0.849. The number of nitrogens with one attached hydrogen (secondary N) is 2. The maximum atomic E-state index is 11.6. The van der Waals surface area contributed by atoms with Crippen molar-refractivity contribution in [2.75, 3.05) is 19.7 Å². The summed E-state index contributed by atoms with van der Waals surface area (Å²) in [5.41, 5.74) is -0.299. The van der Waals surface area contributed by atoms with Gasteiger partial charge in [-0.3, -0.25) is 4.79 Å². The molecular weight excluding hydrogens is 236 g/mol. The Morgan fingerprint density at radius 2 is 2.11 bits per heavy atom. The predicted octanol–water partition coefficient (Wildman–Crippen LogP) is -0.0196. The first kappa shape index (κ1) is 14.9. The van der Waals surface area contributed by atoms with Gasteiger partial charge in [0.25, 0.3) is 0 Å². The minimum Gasteiger partial charge on any atom is -0.480 e. The highest BCUT2D eigenvalue weighted by Gasteiger charge is 2.33. The van der Waals surface area contributed by atoms with Crippen LogP contribution in [0.25, 0.3) is 0 Å². The van der Waals surface area contributed by atoms with Gasteiger partial charge < -0.3 is 20.5 Å². The third kappa shape index (κ3) is 3.96. The molecule has 1 rings (SSSR count). The van der Waals surface area contributed by atoms with Crippen LogP contribution in [0, 0.1) is 5.92 Å². The van der Waals surface area contributed by atoms with Crippen molar-refractivity contribution in [3.05, 3.63) is 0 Å². The molecule has 6 heteroatoms. The van der Waals surface area contributed by atoms with Gasteiger partial charge in [-0.15, -0.1) is 0 Å². The highest BCUT2D eigenvalue weighted by atomic mass is 16.5. The predicted molar refractivity (Wildman–Crippen MR) is 66.2 cm³/mol. The Bertz CT molecular complexity index is 315. The molecule has 0 aromatic heterocycles. The van der Waals surface area contributed by atoms with Gasteiger partial charge in [-0.05, 0) is 12.8 Å². The fourth-order valence-electron chi connectivity index (χ4n) is 1.72. The normalized spacial score (nSPS) is 20.6. The van der Waals surface area contributed by atoms with Crippen LogP contribution in [0.5, 0.6) is 0 Å². The maximum Gasteiger partial charge on any atom is 0.326 e. The van der Waals surface area contributed by atoms with E-state index in [0.29, 0.717) is 19.5 Å². The molecule has 0 spiro atoms. The summed E-state index contributed by atoms with van der Waals surface area (Å²) in [5.74, 6) is -1.49. The molecule has 6 nitrogen and oxygen atoms in total. The second kappa shape index (κ2) is 6.15. The molecule has 2 atom stereocenters. The van der Waals surface area contributed by atoms with E-state index in [4.69, 9.17) is 9.84 Å². The van der Waals surface area contributed by atoms with Gasteiger partial charge in [0.05, 0.1) is 5.60 Å². The molecule has 1 aliphatic rings. The topological polar surface area (TPSA) is 87.7 Å². The molecule has 0 saturated carbocycles. The van der Waals surface area contributed by atoms with Crippen molar-refractivity contribution < 1.29 is 19.4 Å². The molecular formula is C12H22N2O4. The van der Waals surface area contributed by atoms with Gasteiger partial charge >= 0.3 is 5.97 Å². The number of carboxylic acids is 1. The zero-order valence-corrected chi connectivity index (χ0v) is 11.2. The Labute approximate surface area is 107 Å². The number of carbonyl (C=O) groups is 2. The molecule has 1 heterocycles. The van der Waals surface area contributed by atoms with E-state index in [1.54, 1.807) is 6.92 Å². The Morgan fingerprint density at radius 1 is 1.50 bits per heavy atom. The quantitative estimate of drug-likeness (QED) is 0.597. The van der Waals surface area contributed by atoms with E-state index in [0.717, 1.165) is 0 Å². The van der Waals surface area contributed by atoms with E-state index in [9.17, 15) is 9.59 Å². The Kier molecular flexibility index (Phi) is 5.10. The second-order valence-corrected chi connectivity index (χ2v) is 5.11. The zero-order chi connectivity index (χ0) is 13.8. The van der Waals surface area contributed by atoms with Crippen LogP contribution in [-0.2, 0) is 14.3 Å². The Morgan fingerprint density at radius 3 is 2.50 bits per heavy atom. The van der Waals surface area contributed by atoms with Crippen LogP contribution >= 0.6 is 0 Å². The van der Waals surface area contributed by atoms with Crippen molar-refractivity contribution in [1.29, 1.82) is 0 Å². The fraction of sp³-hybridized carbons (Fsp3) is 0.833. The molecule has 3 N–H and O–H groups in total. The lowest BCUT2D eigenvalue weighted by molar-refractivity contribution is -0.146. The van der Waals surface area contributed by atoms with E-state index in [2.05, 4.69) is 10.6 Å². The summed E-state index contributed by atoms with van der Waals surface area (Å²) < 4.78 is 5.45. The Balaban J connectivity index is 2.39. The molecule has 1 amide bonds. The number of rotatable bonds is 7. The van der Waals surface area contributed by atoms with Crippen LogP contribution in [0.3, 0.4) is 0 Å². The number of amides is 1. The molecule has 0 aliphatic carbocycles. The average Bonchev–Trinajstić information content (AvgIpc) is 2.29. The highest BCUT2D eigenvalue weighted by Crippen LogP contribution is 2.15. The monoisotopic (exact) mass is 258 g/mol. The first-order valence-electron chi connectivity index (χ1n) is 6.25. The molecule has 1 fully saturated rings. The lowest BCUT2D eigenvalue weighted by Crippen LogP contribution is -2.60. The molecule has 0 aromatic carbocycles. The van der Waals surface area contributed by atoms with Gasteiger partial charge in [0.15, 0.2) is 0 Å². The average molecular weight is 258 g/mol. The third-order valence-corrected chi connectivity index (χ3v) is 3.35. The number of carbonyl (C=O) groups excluding carboxylic acids is 1. The van der Waals surface area contributed by atoms with Crippen molar-refractivity contribution >= 4 is 11.9 Å². The summed E-state index contributed by atoms with van der Waals surface area (Å²) in [5, 5.41) is 14.6. The van der Waals surface area contributed by atoms with Crippen LogP contribution in [-0.4, -0.2) is 48.3 Å². The highest BCUT2D eigenvalue weighted by molar-refractivity contribution is 5.84. The van der Waals surface area contributed by atoms with Crippen LogP contribution in [0.2, 0.25) is 0 Å². The van der Waals surface area contributed by atoms with Crippen molar-refractivity contribution in [3.8, 4) is 0 Å². The van der Waals surface area contributed by atoms with Gasteiger partial charge in [-0.1, -0.05) is 20.3 Å². The molecule has 0 unspecified atom stereocenters. The second-order valence-electron chi connectivity index (χ2n) is 5.11. The number of hydrogen-bond donors (Lipinski definition) is 3. The Hall–Kier alpha value is -1.14. The zero-order valence-electron chi connectivity index (χ0n) is 11.2. The maximum absolute atomic E-state index is 11.6. The molecule has 0 aromatic rings. The summed E-state index contributed by atoms with van der Waals surface area (Å²) in [4.78, 5) is 22.7. The molecule has 1 saturated heterocycles. The summed E-state index contributed by atoms with van der Waals surface area (Å²) in [6.07, 6.45) is 0.694. The number of hydrogen-bond acceptors (Lipinski definition) is 4. The largest absolute Gasteiger partial charge is 0.480 e. The lowest BCUT2D eigenvalue weighted by atomic mass is 9.99. The van der Waals surface area contributed by atoms with Crippen LogP contribution < -0.4 is 10.6 Å². The van der Waals surface area contributed by atoms with Crippen molar-refractivity contribution in [1.82, 2.24) is 10.6 Å². The number of aliphatic carboxylic acids is 1. The van der Waals surface area contributed by atoms with Gasteiger partial charge in [0.1, 0.15) is 12.6 Å². The summed E-state index contributed by atoms with van der Waals surface area (Å²) >= 11 is 0. The minimum absolute atomic E-state index is 0.0988. The van der Waals surface area contributed by atoms with E-state index in [-0.39, 0.29) is 24.0 Å². The first-order valence-corrected chi connectivity index (χ1v) is 6.25. The smallest absolute Gasteiger partial charge is 0.326 e. The van der Waals surface area contributed by atoms with E-state index >= 15 is 0 Å². The van der Waals surface area contributed by atoms with E-state index < -0.39 is 12.0 Å². The van der Waals surface area contributed by atoms with Gasteiger partial charge in [-0.25, -0.2) is 4.79 Å². The van der Waals surface area contributed by atoms with Crippen LogP contribution in [0.15, 0.2) is 0 Å². The number of carboxylic acid groups (broad SMARTS) is 1. The first-order chi connectivity index (χ1) is 8.38. The molecule has 18 heavy (non-hydrogen) atoms. The van der Waals surface area contributed by atoms with Gasteiger partial charge in [0, 0.05) is 13.1 Å². The third-order valence-electron chi connectivity index (χ3n) is 3.35. The van der Waals surface area contributed by atoms with Gasteiger partial charge in [-0.2, -0.15) is 0 Å². The SMILES string of the molecule is CC[C@H](C)[C@H](NC(=O)COC1(C)CNC1)C(=O)O. The number of ether oxygens (including phenoxy) is 1. The van der Waals surface area contributed by atoms with Gasteiger partial charge in [0.2, 0.25) is 5.91 Å². The molecule has 0 bridgehead atoms. The van der Waals surface area contributed by atoms with E-state index in [1.807, 2.05) is 13.8 Å². The molecule has 1 aliphatic heterocycles. The van der Waals surface area contributed by atoms with Crippen molar-refractivity contribution in [2.24, 2.45) is 5.92 Å². The fourth-order valence-corrected chi connectivity index (χ4v) is 1.72. The van der Waals surface area contributed by atoms with Crippen molar-refractivity contribution in [3.63, 3.8) is 0 Å². The minimum atomic E-state index is -1.01. The van der Waals surface area contributed by atoms with Crippen LogP contribution in [0.1, 0.15) is 27.2 Å². The summed E-state index contributed by atoms with van der Waals surface area (Å²) in [7, 11) is 0. The lowest BCUT2D eigenvalue weighted by Gasteiger charge is -2.38.